The number of fused-ring (bicyclic) bond motifs is 1. The van der Waals surface area contributed by atoms with E-state index in [1.807, 2.05) is 6.07 Å². The van der Waals surface area contributed by atoms with Crippen LogP contribution in [0, 0.1) is 5.41 Å². The van der Waals surface area contributed by atoms with Gasteiger partial charge in [-0.3, -0.25) is 9.59 Å². The summed E-state index contributed by atoms with van der Waals surface area (Å²) in [7, 11) is 0. The van der Waals surface area contributed by atoms with Crippen molar-refractivity contribution < 1.29 is 9.59 Å². The molecule has 1 aliphatic heterocycles. The Morgan fingerprint density at radius 2 is 2.29 bits per heavy atom. The summed E-state index contributed by atoms with van der Waals surface area (Å²) in [6.45, 7) is 2.15. The number of aromatic nitrogens is 1. The third-order valence-electron chi connectivity index (χ3n) is 4.18. The minimum atomic E-state index is -0.224. The summed E-state index contributed by atoms with van der Waals surface area (Å²) in [4.78, 5) is 27.5. The minimum Gasteiger partial charge on any atom is -0.356 e. The van der Waals surface area contributed by atoms with Crippen molar-refractivity contribution in [1.29, 1.82) is 0 Å². The molecule has 2 unspecified atom stereocenters. The van der Waals surface area contributed by atoms with Gasteiger partial charge in [-0.05, 0) is 40.9 Å². The maximum Gasteiger partial charge on any atom is 0.242 e. The van der Waals surface area contributed by atoms with Gasteiger partial charge < -0.3 is 16.0 Å². The molecule has 0 radical (unpaired) electrons. The zero-order valence-corrected chi connectivity index (χ0v) is 13.2. The number of piperidine rings is 1. The third-order valence-corrected chi connectivity index (χ3v) is 4.62. The SMILES string of the molecule is CC(=O)NCC12CC1N[C@H](C(=O)Nc1cccc(Br)n1)C2. The molecule has 2 amide bonds. The lowest BCUT2D eigenvalue weighted by Gasteiger charge is -2.16. The van der Waals surface area contributed by atoms with E-state index in [2.05, 4.69) is 36.9 Å². The number of rotatable bonds is 4. The van der Waals surface area contributed by atoms with Crippen molar-refractivity contribution >= 4 is 33.6 Å². The highest BCUT2D eigenvalue weighted by Crippen LogP contribution is 2.54. The fourth-order valence-electron chi connectivity index (χ4n) is 2.94. The molecule has 1 aromatic rings. The Morgan fingerprint density at radius 3 is 3.00 bits per heavy atom. The lowest BCUT2D eigenvalue weighted by Crippen LogP contribution is -2.38. The van der Waals surface area contributed by atoms with Crippen LogP contribution in [-0.2, 0) is 9.59 Å². The van der Waals surface area contributed by atoms with E-state index >= 15 is 0 Å². The first-order chi connectivity index (χ1) is 9.98. The van der Waals surface area contributed by atoms with Crippen molar-refractivity contribution in [3.63, 3.8) is 0 Å². The molecule has 2 fully saturated rings. The largest absolute Gasteiger partial charge is 0.356 e. The van der Waals surface area contributed by atoms with Crippen LogP contribution in [0.5, 0.6) is 0 Å². The summed E-state index contributed by atoms with van der Waals surface area (Å²) in [6, 6.07) is 5.49. The van der Waals surface area contributed by atoms with Crippen LogP contribution in [0.4, 0.5) is 5.82 Å². The fraction of sp³-hybridized carbons (Fsp3) is 0.500. The number of amides is 2. The second-order valence-electron chi connectivity index (χ2n) is 5.79. The number of nitrogens with zero attached hydrogens (tertiary/aromatic N) is 1. The lowest BCUT2D eigenvalue weighted by atomic mass is 9.99. The standard InChI is InChI=1S/C14H17BrN4O2/c1-8(20)16-7-14-5-9(17-10(14)6-14)13(21)19-12-4-2-3-11(15)18-12/h2-4,9-10,17H,5-7H2,1H3,(H,16,20)(H,18,19,21)/t9-,10?,14?/m0/s1. The highest BCUT2D eigenvalue weighted by atomic mass is 79.9. The number of hydrogen-bond donors (Lipinski definition) is 3. The van der Waals surface area contributed by atoms with Crippen LogP contribution in [-0.4, -0.2) is 35.4 Å². The van der Waals surface area contributed by atoms with Gasteiger partial charge in [0.1, 0.15) is 10.4 Å². The first kappa shape index (κ1) is 14.5. The van der Waals surface area contributed by atoms with Gasteiger partial charge >= 0.3 is 0 Å². The predicted octanol–water partition coefficient (Wildman–Crippen LogP) is 1.04. The molecule has 21 heavy (non-hydrogen) atoms. The van der Waals surface area contributed by atoms with Crippen LogP contribution in [0.3, 0.4) is 0 Å². The number of anilines is 1. The maximum atomic E-state index is 12.3. The highest BCUT2D eigenvalue weighted by Gasteiger charge is 2.61. The van der Waals surface area contributed by atoms with Crippen molar-refractivity contribution in [2.24, 2.45) is 5.41 Å². The van der Waals surface area contributed by atoms with Crippen LogP contribution < -0.4 is 16.0 Å². The highest BCUT2D eigenvalue weighted by molar-refractivity contribution is 9.10. The van der Waals surface area contributed by atoms with Crippen LogP contribution in [0.2, 0.25) is 0 Å². The monoisotopic (exact) mass is 352 g/mol. The molecule has 7 heteroatoms. The topological polar surface area (TPSA) is 83.1 Å². The van der Waals surface area contributed by atoms with E-state index in [1.54, 1.807) is 12.1 Å². The molecule has 1 aromatic heterocycles. The molecular weight excluding hydrogens is 336 g/mol. The van der Waals surface area contributed by atoms with Gasteiger partial charge in [0.15, 0.2) is 0 Å². The zero-order chi connectivity index (χ0) is 15.0. The van der Waals surface area contributed by atoms with Crippen molar-refractivity contribution in [2.75, 3.05) is 11.9 Å². The molecule has 1 saturated carbocycles. The number of halogens is 1. The van der Waals surface area contributed by atoms with Crippen LogP contribution in [0.25, 0.3) is 0 Å². The summed E-state index contributed by atoms with van der Waals surface area (Å²) in [5, 5.41) is 9.00. The van der Waals surface area contributed by atoms with E-state index in [9.17, 15) is 9.59 Å². The minimum absolute atomic E-state index is 0.0266. The van der Waals surface area contributed by atoms with Crippen LogP contribution in [0.1, 0.15) is 19.8 Å². The number of hydrogen-bond acceptors (Lipinski definition) is 4. The Kier molecular flexibility index (Phi) is 3.71. The smallest absolute Gasteiger partial charge is 0.242 e. The Hall–Kier alpha value is -1.47. The summed E-state index contributed by atoms with van der Waals surface area (Å²) in [5.41, 5.74) is 0.0539. The predicted molar refractivity (Wildman–Crippen MR) is 81.6 cm³/mol. The van der Waals surface area contributed by atoms with Crippen molar-refractivity contribution in [3.8, 4) is 0 Å². The summed E-state index contributed by atoms with van der Waals surface area (Å²) >= 11 is 3.28. The van der Waals surface area contributed by atoms with Crippen LogP contribution >= 0.6 is 15.9 Å². The second kappa shape index (κ2) is 5.38. The van der Waals surface area contributed by atoms with Gasteiger partial charge in [0.25, 0.3) is 0 Å². The van der Waals surface area contributed by atoms with Gasteiger partial charge in [0, 0.05) is 24.9 Å². The summed E-state index contributed by atoms with van der Waals surface area (Å²) in [6.07, 6.45) is 1.77. The Labute approximate surface area is 131 Å². The average Bonchev–Trinajstić information content (AvgIpc) is 2.98. The molecule has 2 aliphatic rings. The van der Waals surface area contributed by atoms with E-state index in [0.29, 0.717) is 23.0 Å². The second-order valence-corrected chi connectivity index (χ2v) is 6.60. The number of nitrogens with one attached hydrogen (secondary N) is 3. The molecule has 3 N–H and O–H groups in total. The van der Waals surface area contributed by atoms with E-state index in [1.165, 1.54) is 6.92 Å². The number of carbonyl (C=O) groups is 2. The van der Waals surface area contributed by atoms with Gasteiger partial charge in [0.05, 0.1) is 6.04 Å². The van der Waals surface area contributed by atoms with Crippen molar-refractivity contribution in [3.05, 3.63) is 22.8 Å². The van der Waals surface area contributed by atoms with Gasteiger partial charge in [-0.1, -0.05) is 6.07 Å². The lowest BCUT2D eigenvalue weighted by molar-refractivity contribution is -0.119. The van der Waals surface area contributed by atoms with E-state index in [4.69, 9.17) is 0 Å². The molecule has 2 heterocycles. The van der Waals surface area contributed by atoms with Gasteiger partial charge in [-0.15, -0.1) is 0 Å². The van der Waals surface area contributed by atoms with Gasteiger partial charge in [0.2, 0.25) is 11.8 Å². The average molecular weight is 353 g/mol. The molecule has 1 saturated heterocycles. The Bertz CT molecular complexity index is 594. The molecule has 1 aliphatic carbocycles. The first-order valence-corrected chi connectivity index (χ1v) is 7.72. The van der Waals surface area contributed by atoms with Crippen molar-refractivity contribution in [2.45, 2.75) is 31.8 Å². The van der Waals surface area contributed by atoms with E-state index in [0.717, 1.165) is 12.8 Å². The number of carbonyl (C=O) groups excluding carboxylic acids is 2. The number of pyridine rings is 1. The zero-order valence-electron chi connectivity index (χ0n) is 11.6. The summed E-state index contributed by atoms with van der Waals surface area (Å²) < 4.78 is 0.685. The van der Waals surface area contributed by atoms with E-state index in [-0.39, 0.29) is 23.3 Å². The quantitative estimate of drug-likeness (QED) is 0.707. The van der Waals surface area contributed by atoms with Crippen molar-refractivity contribution in [1.82, 2.24) is 15.6 Å². The molecule has 0 aromatic carbocycles. The Morgan fingerprint density at radius 1 is 1.48 bits per heavy atom. The van der Waals surface area contributed by atoms with Gasteiger partial charge in [-0.2, -0.15) is 0 Å². The molecule has 112 valence electrons. The normalized spacial score (nSPS) is 29.6. The molecule has 3 atom stereocenters. The molecule has 6 nitrogen and oxygen atoms in total. The molecule has 0 spiro atoms. The maximum absolute atomic E-state index is 12.3. The van der Waals surface area contributed by atoms with Gasteiger partial charge in [-0.25, -0.2) is 4.98 Å². The first-order valence-electron chi connectivity index (χ1n) is 6.92. The fourth-order valence-corrected chi connectivity index (χ4v) is 3.29. The van der Waals surface area contributed by atoms with Crippen LogP contribution in [0.15, 0.2) is 22.8 Å². The summed E-state index contributed by atoms with van der Waals surface area (Å²) in [5.74, 6) is 0.434. The third kappa shape index (κ3) is 3.08. The van der Waals surface area contributed by atoms with E-state index < -0.39 is 0 Å². The molecule has 3 rings (SSSR count). The molecular formula is C14H17BrN4O2. The Balaban J connectivity index is 1.57. The molecule has 0 bridgehead atoms.